The first-order chi connectivity index (χ1) is 9.61. The number of carbonyl (C=O) groups is 1. The van der Waals surface area contributed by atoms with Gasteiger partial charge in [0, 0.05) is 12.4 Å². The fourth-order valence-corrected chi connectivity index (χ4v) is 2.01. The van der Waals surface area contributed by atoms with Crippen molar-refractivity contribution in [2.75, 3.05) is 5.73 Å². The Morgan fingerprint density at radius 2 is 2.15 bits per heavy atom. The minimum absolute atomic E-state index is 0.110. The molecule has 2 heterocycles. The molecule has 5 nitrogen and oxygen atoms in total. The summed E-state index contributed by atoms with van der Waals surface area (Å²) in [5.74, 6) is 0.226. The molecule has 1 atom stereocenters. The van der Waals surface area contributed by atoms with Crippen LogP contribution >= 0.6 is 0 Å². The van der Waals surface area contributed by atoms with Gasteiger partial charge in [-0.05, 0) is 37.1 Å². The van der Waals surface area contributed by atoms with E-state index in [1.165, 1.54) is 6.20 Å². The second-order valence-corrected chi connectivity index (χ2v) is 4.61. The molecular weight excluding hydrogens is 252 g/mol. The number of hydrogen-bond acceptors (Lipinski definition) is 4. The van der Waals surface area contributed by atoms with Crippen LogP contribution in [0.3, 0.4) is 0 Å². The molecule has 0 aliphatic rings. The average Bonchev–Trinajstić information content (AvgIpc) is 2.46. The summed E-state index contributed by atoms with van der Waals surface area (Å²) in [7, 11) is 0. The van der Waals surface area contributed by atoms with Crippen LogP contribution in [0.5, 0.6) is 0 Å². The topological polar surface area (TPSA) is 80.9 Å². The van der Waals surface area contributed by atoms with Gasteiger partial charge in [-0.15, -0.1) is 0 Å². The predicted molar refractivity (Wildman–Crippen MR) is 78.1 cm³/mol. The van der Waals surface area contributed by atoms with Crippen LogP contribution in [0.2, 0.25) is 0 Å². The standard InChI is InChI=1S/C15H18N4O/c1-3-12(14-10(2)5-4-8-17-14)19-15(20)11-6-7-13(16)18-9-11/h4-9,12H,3H2,1-2H3,(H2,16,18)(H,19,20). The third-order valence-electron chi connectivity index (χ3n) is 3.14. The maximum Gasteiger partial charge on any atom is 0.253 e. The molecular formula is C15H18N4O. The van der Waals surface area contributed by atoms with Gasteiger partial charge in [-0.1, -0.05) is 13.0 Å². The fourth-order valence-electron chi connectivity index (χ4n) is 2.01. The lowest BCUT2D eigenvalue weighted by molar-refractivity contribution is 0.0934. The first-order valence-electron chi connectivity index (χ1n) is 6.55. The zero-order chi connectivity index (χ0) is 14.5. The Bertz CT molecular complexity index is 595. The number of pyridine rings is 2. The number of amides is 1. The number of anilines is 1. The molecule has 2 aromatic heterocycles. The van der Waals surface area contributed by atoms with Crippen LogP contribution in [0.15, 0.2) is 36.7 Å². The predicted octanol–water partition coefficient (Wildman–Crippen LogP) is 2.25. The maximum absolute atomic E-state index is 12.2. The van der Waals surface area contributed by atoms with Crippen molar-refractivity contribution in [1.29, 1.82) is 0 Å². The summed E-state index contributed by atoms with van der Waals surface area (Å²) in [6, 6.07) is 7.04. The van der Waals surface area contributed by atoms with E-state index in [1.54, 1.807) is 18.3 Å². The van der Waals surface area contributed by atoms with Gasteiger partial charge >= 0.3 is 0 Å². The number of hydrogen-bond donors (Lipinski definition) is 2. The molecule has 0 bridgehead atoms. The maximum atomic E-state index is 12.2. The van der Waals surface area contributed by atoms with Gasteiger partial charge in [0.2, 0.25) is 0 Å². The average molecular weight is 270 g/mol. The fraction of sp³-hybridized carbons (Fsp3) is 0.267. The van der Waals surface area contributed by atoms with Crippen LogP contribution in [0.25, 0.3) is 0 Å². The summed E-state index contributed by atoms with van der Waals surface area (Å²) in [5, 5.41) is 2.98. The van der Waals surface area contributed by atoms with E-state index in [0.29, 0.717) is 11.4 Å². The minimum Gasteiger partial charge on any atom is -0.384 e. The smallest absolute Gasteiger partial charge is 0.253 e. The van der Waals surface area contributed by atoms with Gasteiger partial charge in [-0.25, -0.2) is 4.98 Å². The molecule has 1 unspecified atom stereocenters. The number of carbonyl (C=O) groups excluding carboxylic acids is 1. The number of aryl methyl sites for hydroxylation is 1. The molecule has 1 amide bonds. The Labute approximate surface area is 118 Å². The molecule has 0 aliphatic carbocycles. The van der Waals surface area contributed by atoms with Gasteiger partial charge in [0.15, 0.2) is 0 Å². The molecule has 0 aliphatic heterocycles. The van der Waals surface area contributed by atoms with Crippen molar-refractivity contribution in [2.45, 2.75) is 26.3 Å². The van der Waals surface area contributed by atoms with E-state index in [4.69, 9.17) is 5.73 Å². The second-order valence-electron chi connectivity index (χ2n) is 4.61. The molecule has 0 saturated carbocycles. The normalized spacial score (nSPS) is 11.9. The molecule has 0 spiro atoms. The molecule has 20 heavy (non-hydrogen) atoms. The van der Waals surface area contributed by atoms with Gasteiger partial charge in [-0.2, -0.15) is 0 Å². The van der Waals surface area contributed by atoms with Gasteiger partial charge < -0.3 is 11.1 Å². The van der Waals surface area contributed by atoms with Crippen molar-refractivity contribution >= 4 is 11.7 Å². The van der Waals surface area contributed by atoms with Gasteiger partial charge in [0.25, 0.3) is 5.91 Å². The Morgan fingerprint density at radius 1 is 1.35 bits per heavy atom. The Kier molecular flexibility index (Phi) is 4.30. The van der Waals surface area contributed by atoms with Crippen molar-refractivity contribution < 1.29 is 4.79 Å². The monoisotopic (exact) mass is 270 g/mol. The third kappa shape index (κ3) is 3.12. The van der Waals surface area contributed by atoms with Crippen molar-refractivity contribution in [2.24, 2.45) is 0 Å². The third-order valence-corrected chi connectivity index (χ3v) is 3.14. The molecule has 2 aromatic rings. The van der Waals surface area contributed by atoms with E-state index < -0.39 is 0 Å². The zero-order valence-corrected chi connectivity index (χ0v) is 11.6. The van der Waals surface area contributed by atoms with E-state index in [9.17, 15) is 4.79 Å². The number of nitrogen functional groups attached to an aromatic ring is 1. The lowest BCUT2D eigenvalue weighted by atomic mass is 10.1. The first-order valence-corrected chi connectivity index (χ1v) is 6.55. The summed E-state index contributed by atoms with van der Waals surface area (Å²) in [5.41, 5.74) is 7.96. The van der Waals surface area contributed by atoms with Crippen LogP contribution in [0.4, 0.5) is 5.82 Å². The SMILES string of the molecule is CCC(NC(=O)c1ccc(N)nc1)c1ncccc1C. The summed E-state index contributed by atoms with van der Waals surface area (Å²) in [6.07, 6.45) is 3.98. The van der Waals surface area contributed by atoms with E-state index in [1.807, 2.05) is 26.0 Å². The number of nitrogens with one attached hydrogen (secondary N) is 1. The van der Waals surface area contributed by atoms with E-state index in [-0.39, 0.29) is 11.9 Å². The summed E-state index contributed by atoms with van der Waals surface area (Å²) < 4.78 is 0. The van der Waals surface area contributed by atoms with Gasteiger partial charge in [0.05, 0.1) is 17.3 Å². The van der Waals surface area contributed by atoms with Crippen LogP contribution in [-0.2, 0) is 0 Å². The number of rotatable bonds is 4. The summed E-state index contributed by atoms with van der Waals surface area (Å²) >= 11 is 0. The molecule has 104 valence electrons. The van der Waals surface area contributed by atoms with Crippen molar-refractivity contribution in [3.63, 3.8) is 0 Å². The van der Waals surface area contributed by atoms with Crippen molar-refractivity contribution in [3.05, 3.63) is 53.5 Å². The second kappa shape index (κ2) is 6.14. The lowest BCUT2D eigenvalue weighted by Gasteiger charge is -2.18. The number of aromatic nitrogens is 2. The summed E-state index contributed by atoms with van der Waals surface area (Å²) in [4.78, 5) is 20.5. The van der Waals surface area contributed by atoms with Crippen LogP contribution < -0.4 is 11.1 Å². The first kappa shape index (κ1) is 14.0. The minimum atomic E-state index is -0.172. The summed E-state index contributed by atoms with van der Waals surface area (Å²) in [6.45, 7) is 4.00. The Hall–Kier alpha value is -2.43. The van der Waals surface area contributed by atoms with Crippen LogP contribution in [0.1, 0.15) is 41.0 Å². The quantitative estimate of drug-likeness (QED) is 0.892. The zero-order valence-electron chi connectivity index (χ0n) is 11.6. The largest absolute Gasteiger partial charge is 0.384 e. The highest BCUT2D eigenvalue weighted by Crippen LogP contribution is 2.18. The van der Waals surface area contributed by atoms with Crippen LogP contribution in [-0.4, -0.2) is 15.9 Å². The molecule has 0 saturated heterocycles. The van der Waals surface area contributed by atoms with Crippen molar-refractivity contribution in [1.82, 2.24) is 15.3 Å². The highest BCUT2D eigenvalue weighted by atomic mass is 16.1. The highest BCUT2D eigenvalue weighted by molar-refractivity contribution is 5.94. The van der Waals surface area contributed by atoms with E-state index in [2.05, 4.69) is 15.3 Å². The number of nitrogens with zero attached hydrogens (tertiary/aromatic N) is 2. The van der Waals surface area contributed by atoms with Crippen molar-refractivity contribution in [3.8, 4) is 0 Å². The van der Waals surface area contributed by atoms with Gasteiger partial charge in [-0.3, -0.25) is 9.78 Å². The lowest BCUT2D eigenvalue weighted by Crippen LogP contribution is -2.29. The Morgan fingerprint density at radius 3 is 2.75 bits per heavy atom. The molecule has 2 rings (SSSR count). The highest BCUT2D eigenvalue weighted by Gasteiger charge is 2.16. The molecule has 0 fully saturated rings. The molecule has 5 heteroatoms. The van der Waals surface area contributed by atoms with Crippen LogP contribution in [0, 0.1) is 6.92 Å². The Balaban J connectivity index is 2.16. The molecule has 0 radical (unpaired) electrons. The number of nitrogens with two attached hydrogens (primary N) is 1. The molecule has 0 aromatic carbocycles. The molecule has 3 N–H and O–H groups in total. The van der Waals surface area contributed by atoms with Gasteiger partial charge in [0.1, 0.15) is 5.82 Å². The van der Waals surface area contributed by atoms with E-state index in [0.717, 1.165) is 17.7 Å². The van der Waals surface area contributed by atoms with E-state index >= 15 is 0 Å².